The molecule has 1 aliphatic heterocycles. The van der Waals surface area contributed by atoms with Crippen LogP contribution in [0.5, 0.6) is 0 Å². The van der Waals surface area contributed by atoms with Crippen LogP contribution in [0.1, 0.15) is 0 Å². The van der Waals surface area contributed by atoms with Gasteiger partial charge in [0.05, 0.1) is 5.75 Å². The average Bonchev–Trinajstić information content (AvgIpc) is 2.58. The highest BCUT2D eigenvalue weighted by Gasteiger charge is 2.31. The molecule has 2 N–H and O–H groups in total. The molecule has 26 heavy (non-hydrogen) atoms. The summed E-state index contributed by atoms with van der Waals surface area (Å²) in [6, 6.07) is 5.65. The van der Waals surface area contributed by atoms with E-state index in [0.29, 0.717) is 26.2 Å². The minimum atomic E-state index is -3.60. The van der Waals surface area contributed by atoms with Crippen LogP contribution in [0.4, 0.5) is 5.82 Å². The first-order valence-electron chi connectivity index (χ1n) is 8.54. The van der Waals surface area contributed by atoms with Crippen molar-refractivity contribution in [2.45, 2.75) is 19.6 Å². The number of hydrogen-bond donors (Lipinski definition) is 1. The Morgan fingerprint density at radius 1 is 1.27 bits per heavy atom. The number of anilines is 1. The van der Waals surface area contributed by atoms with Crippen LogP contribution >= 0.6 is 0 Å². The maximum atomic E-state index is 12.7. The Kier molecular flexibility index (Phi) is 6.44. The summed E-state index contributed by atoms with van der Waals surface area (Å²) in [7, 11) is -5.32. The number of rotatable bonds is 5. The van der Waals surface area contributed by atoms with Crippen LogP contribution < -0.4 is 10.6 Å². The lowest BCUT2D eigenvalue weighted by Crippen LogP contribution is -2.50. The second-order valence-electron chi connectivity index (χ2n) is 7.33. The first kappa shape index (κ1) is 20.4. The number of carbonyl (C=O) groups excluding carboxylic acids is 1. The van der Waals surface area contributed by atoms with Gasteiger partial charge in [-0.05, 0) is 12.1 Å². The van der Waals surface area contributed by atoms with Gasteiger partial charge in [0.1, 0.15) is 19.8 Å². The van der Waals surface area contributed by atoms with E-state index >= 15 is 0 Å². The Morgan fingerprint density at radius 2 is 1.92 bits per heavy atom. The smallest absolute Gasteiger partial charge is 0.233 e. The third-order valence-corrected chi connectivity index (χ3v) is 6.75. The van der Waals surface area contributed by atoms with E-state index in [1.807, 2.05) is 42.7 Å². The van der Waals surface area contributed by atoms with Crippen molar-refractivity contribution in [3.05, 3.63) is 24.4 Å². The zero-order chi connectivity index (χ0) is 19.4. The third kappa shape index (κ3) is 5.83. The van der Waals surface area contributed by atoms with Crippen LogP contribution in [0.25, 0.3) is 0 Å². The number of nitrogens with zero attached hydrogens (tertiary/aromatic N) is 3. The fraction of sp³-hybridized carbons (Fsp3) is 0.529. The maximum absolute atomic E-state index is 12.7. The lowest BCUT2D eigenvalue weighted by atomic mass is 10.2. The summed E-state index contributed by atoms with van der Waals surface area (Å²) in [6.07, 6.45) is 1.72. The van der Waals surface area contributed by atoms with Crippen LogP contribution in [0, 0.1) is 17.4 Å². The second kappa shape index (κ2) is 8.20. The van der Waals surface area contributed by atoms with E-state index in [9.17, 15) is 13.2 Å². The molecule has 0 bridgehead atoms. The fourth-order valence-electron chi connectivity index (χ4n) is 2.55. The number of amides is 1. The quantitative estimate of drug-likeness (QED) is 0.580. The number of sulfonamides is 1. The van der Waals surface area contributed by atoms with Crippen molar-refractivity contribution in [1.82, 2.24) is 9.29 Å². The summed E-state index contributed by atoms with van der Waals surface area (Å²) in [5.41, 5.74) is 8.42. The minimum Gasteiger partial charge on any atom is -0.369 e. The van der Waals surface area contributed by atoms with E-state index in [2.05, 4.69) is 16.4 Å². The van der Waals surface area contributed by atoms with Gasteiger partial charge in [-0.15, -0.1) is 5.54 Å². The molecule has 0 radical (unpaired) electrons. The van der Waals surface area contributed by atoms with Crippen LogP contribution in [-0.2, 0) is 14.8 Å². The zero-order valence-electron chi connectivity index (χ0n) is 15.5. The van der Waals surface area contributed by atoms with Crippen molar-refractivity contribution in [2.24, 2.45) is 11.7 Å². The Balaban J connectivity index is 2.03. The van der Waals surface area contributed by atoms with Gasteiger partial charge in [0.2, 0.25) is 15.9 Å². The van der Waals surface area contributed by atoms with Crippen molar-refractivity contribution in [1.29, 1.82) is 0 Å². The number of carbonyl (C=O) groups is 1. The third-order valence-electron chi connectivity index (χ3n) is 3.95. The van der Waals surface area contributed by atoms with E-state index in [-0.39, 0.29) is 5.75 Å². The number of piperazine rings is 1. The molecule has 142 valence electrons. The molecule has 2 rings (SSSR count). The first-order chi connectivity index (χ1) is 12.1. The summed E-state index contributed by atoms with van der Waals surface area (Å²) in [4.78, 5) is 18.0. The van der Waals surface area contributed by atoms with Crippen LogP contribution in [0.15, 0.2) is 24.4 Å². The summed E-state index contributed by atoms with van der Waals surface area (Å²) < 4.78 is 26.8. The van der Waals surface area contributed by atoms with Gasteiger partial charge in [-0.1, -0.05) is 31.6 Å². The highest BCUT2D eigenvalue weighted by molar-refractivity contribution is 7.89. The monoisotopic (exact) mass is 394 g/mol. The highest BCUT2D eigenvalue weighted by Crippen LogP contribution is 2.16. The van der Waals surface area contributed by atoms with Gasteiger partial charge in [0.25, 0.3) is 0 Å². The molecule has 1 saturated heterocycles. The van der Waals surface area contributed by atoms with Gasteiger partial charge in [-0.25, -0.2) is 13.4 Å². The first-order valence-corrected chi connectivity index (χ1v) is 13.7. The summed E-state index contributed by atoms with van der Waals surface area (Å²) >= 11 is 0. The molecule has 2 heterocycles. The molecule has 1 aliphatic rings. The van der Waals surface area contributed by atoms with Gasteiger partial charge >= 0.3 is 0 Å². The minimum absolute atomic E-state index is 0.353. The average molecular weight is 395 g/mol. The van der Waals surface area contributed by atoms with Crippen LogP contribution in [0.3, 0.4) is 0 Å². The SMILES string of the molecule is C[Si](C)(C)C#CC(CS(=O)(=O)N1CCN(c2ccccn2)CC1)C(N)=O. The molecule has 0 spiro atoms. The van der Waals surface area contributed by atoms with Gasteiger partial charge in [0.15, 0.2) is 0 Å². The van der Waals surface area contributed by atoms with E-state index in [4.69, 9.17) is 5.73 Å². The number of nitrogens with two attached hydrogens (primary N) is 1. The van der Waals surface area contributed by atoms with Gasteiger partial charge in [0, 0.05) is 32.4 Å². The molecular weight excluding hydrogens is 368 g/mol. The van der Waals surface area contributed by atoms with Crippen molar-refractivity contribution in [3.8, 4) is 11.5 Å². The largest absolute Gasteiger partial charge is 0.369 e. The Bertz CT molecular complexity index is 789. The van der Waals surface area contributed by atoms with Gasteiger partial charge < -0.3 is 10.6 Å². The number of hydrogen-bond acceptors (Lipinski definition) is 5. The molecule has 1 atom stereocenters. The van der Waals surface area contributed by atoms with Crippen molar-refractivity contribution in [2.75, 3.05) is 36.8 Å². The molecule has 1 aromatic heterocycles. The molecule has 9 heteroatoms. The molecule has 1 aromatic rings. The predicted molar refractivity (Wildman–Crippen MR) is 106 cm³/mol. The summed E-state index contributed by atoms with van der Waals surface area (Å²) in [5, 5.41) is 0. The van der Waals surface area contributed by atoms with E-state index < -0.39 is 29.9 Å². The van der Waals surface area contributed by atoms with Crippen LogP contribution in [0.2, 0.25) is 19.6 Å². The second-order valence-corrected chi connectivity index (χ2v) is 14.1. The Morgan fingerprint density at radius 3 is 2.42 bits per heavy atom. The van der Waals surface area contributed by atoms with Gasteiger partial charge in [-0.2, -0.15) is 4.31 Å². The Hall–Kier alpha value is -1.89. The summed E-state index contributed by atoms with van der Waals surface area (Å²) in [5.74, 6) is 1.62. The standard InChI is InChI=1S/C17H26N4O3SSi/c1-26(2,3)13-7-15(17(18)22)14-25(23,24)21-11-9-20(10-12-21)16-6-4-5-8-19-16/h4-6,8,15H,9-12,14H2,1-3H3,(H2,18,22). The molecule has 1 amide bonds. The molecule has 0 saturated carbocycles. The molecular formula is C17H26N4O3SSi. The fourth-order valence-corrected chi connectivity index (χ4v) is 4.76. The highest BCUT2D eigenvalue weighted by atomic mass is 32.2. The molecule has 1 unspecified atom stereocenters. The lowest BCUT2D eigenvalue weighted by molar-refractivity contribution is -0.119. The predicted octanol–water partition coefficient (Wildman–Crippen LogP) is 0.516. The van der Waals surface area contributed by atoms with Crippen molar-refractivity contribution < 1.29 is 13.2 Å². The molecule has 0 aromatic carbocycles. The van der Waals surface area contributed by atoms with E-state index in [1.54, 1.807) is 6.20 Å². The number of aromatic nitrogens is 1. The van der Waals surface area contributed by atoms with E-state index in [1.165, 1.54) is 4.31 Å². The lowest BCUT2D eigenvalue weighted by Gasteiger charge is -2.34. The summed E-state index contributed by atoms with van der Waals surface area (Å²) in [6.45, 7) is 7.91. The Labute approximate surface area is 156 Å². The topological polar surface area (TPSA) is 96.6 Å². The molecule has 1 fully saturated rings. The van der Waals surface area contributed by atoms with Crippen molar-refractivity contribution in [3.63, 3.8) is 0 Å². The normalized spacial score (nSPS) is 17.3. The molecule has 0 aliphatic carbocycles. The zero-order valence-corrected chi connectivity index (χ0v) is 17.3. The number of primary amides is 1. The van der Waals surface area contributed by atoms with Crippen molar-refractivity contribution >= 4 is 29.8 Å². The number of pyridine rings is 1. The van der Waals surface area contributed by atoms with Crippen LogP contribution in [-0.4, -0.2) is 63.6 Å². The van der Waals surface area contributed by atoms with Gasteiger partial charge in [-0.3, -0.25) is 4.79 Å². The van der Waals surface area contributed by atoms with E-state index in [0.717, 1.165) is 5.82 Å². The molecule has 7 nitrogen and oxygen atoms in total. The maximum Gasteiger partial charge on any atom is 0.233 e.